The van der Waals surface area contributed by atoms with Crippen LogP contribution >= 0.6 is 7.82 Å². The summed E-state index contributed by atoms with van der Waals surface area (Å²) in [6.45, 7) is 8.56. The lowest BCUT2D eigenvalue weighted by atomic mass is 10.0. The highest BCUT2D eigenvalue weighted by molar-refractivity contribution is 7.49. The van der Waals surface area contributed by atoms with Crippen molar-refractivity contribution in [2.45, 2.75) is 40.5 Å². The summed E-state index contributed by atoms with van der Waals surface area (Å²) in [5.41, 5.74) is 3.67. The second-order valence-electron chi connectivity index (χ2n) is 9.99. The first kappa shape index (κ1) is 26.6. The van der Waals surface area contributed by atoms with Crippen LogP contribution in [0.2, 0.25) is 0 Å². The van der Waals surface area contributed by atoms with Crippen molar-refractivity contribution in [1.82, 2.24) is 0 Å². The maximum Gasteiger partial charge on any atom is 0.647 e. The number of phosphoric ester groups is 1. The zero-order chi connectivity index (χ0) is 26.3. The summed E-state index contributed by atoms with van der Waals surface area (Å²) in [4.78, 5) is 0. The van der Waals surface area contributed by atoms with Crippen LogP contribution in [0, 0.1) is 11.8 Å². The van der Waals surface area contributed by atoms with Crippen LogP contribution in [0.1, 0.15) is 38.8 Å². The van der Waals surface area contributed by atoms with E-state index < -0.39 is 7.82 Å². The Morgan fingerprint density at radius 2 is 0.946 bits per heavy atom. The van der Waals surface area contributed by atoms with E-state index in [9.17, 15) is 4.57 Å². The van der Waals surface area contributed by atoms with E-state index in [2.05, 4.69) is 27.7 Å². The molecule has 4 aromatic rings. The zero-order valence-corrected chi connectivity index (χ0v) is 22.9. The molecule has 5 heteroatoms. The predicted molar refractivity (Wildman–Crippen MR) is 151 cm³/mol. The highest BCUT2D eigenvalue weighted by atomic mass is 31.2. The first-order valence-corrected chi connectivity index (χ1v) is 14.3. The molecule has 192 valence electrons. The highest BCUT2D eigenvalue weighted by Gasteiger charge is 2.35. The number of benzene rings is 4. The average molecular weight is 515 g/mol. The Morgan fingerprint density at radius 3 is 1.46 bits per heavy atom. The van der Waals surface area contributed by atoms with Gasteiger partial charge in [-0.2, -0.15) is 4.57 Å². The fourth-order valence-electron chi connectivity index (χ4n) is 4.22. The van der Waals surface area contributed by atoms with Gasteiger partial charge in [0.05, 0.1) is 0 Å². The van der Waals surface area contributed by atoms with Crippen molar-refractivity contribution >= 4 is 7.82 Å². The van der Waals surface area contributed by atoms with E-state index in [1.807, 2.05) is 97.1 Å². The van der Waals surface area contributed by atoms with Gasteiger partial charge >= 0.3 is 7.82 Å². The molecule has 0 N–H and O–H groups in total. The molecule has 0 aliphatic carbocycles. The molecule has 0 aliphatic rings. The molecule has 0 saturated heterocycles. The van der Waals surface area contributed by atoms with Gasteiger partial charge in [0, 0.05) is 5.56 Å². The Labute approximate surface area is 220 Å². The lowest BCUT2D eigenvalue weighted by molar-refractivity contribution is 0.296. The molecule has 4 nitrogen and oxygen atoms in total. The molecule has 4 aromatic carbocycles. The Bertz CT molecular complexity index is 1290. The third kappa shape index (κ3) is 7.27. The Hall–Kier alpha value is -3.49. The van der Waals surface area contributed by atoms with Crippen LogP contribution in [0.25, 0.3) is 11.1 Å². The van der Waals surface area contributed by atoms with E-state index in [1.54, 1.807) is 6.07 Å². The van der Waals surface area contributed by atoms with Crippen LogP contribution in [0.5, 0.6) is 17.2 Å². The summed E-state index contributed by atoms with van der Waals surface area (Å²) in [5, 5.41) is 0. The van der Waals surface area contributed by atoms with Crippen LogP contribution in [0.4, 0.5) is 0 Å². The average Bonchev–Trinajstić information content (AvgIpc) is 2.87. The molecular formula is C32H35O4P. The second-order valence-corrected chi connectivity index (χ2v) is 11.4. The van der Waals surface area contributed by atoms with Crippen molar-refractivity contribution in [3.63, 3.8) is 0 Å². The molecule has 0 atom stereocenters. The van der Waals surface area contributed by atoms with E-state index in [1.165, 1.54) is 0 Å². The van der Waals surface area contributed by atoms with Gasteiger partial charge in [-0.1, -0.05) is 113 Å². The normalized spacial score (nSPS) is 11.5. The first-order valence-electron chi connectivity index (χ1n) is 12.8. The van der Waals surface area contributed by atoms with Gasteiger partial charge in [0.15, 0.2) is 0 Å². The van der Waals surface area contributed by atoms with E-state index in [-0.39, 0.29) is 0 Å². The van der Waals surface area contributed by atoms with Gasteiger partial charge in [-0.05, 0) is 59.6 Å². The van der Waals surface area contributed by atoms with Crippen molar-refractivity contribution in [2.75, 3.05) is 0 Å². The van der Waals surface area contributed by atoms with E-state index in [0.29, 0.717) is 29.1 Å². The maximum atomic E-state index is 14.5. The standard InChI is InChI=1S/C32H35O4P/c1-24(2)22-27-16-8-11-19-30(27)34-37(33,35-31-20-12-9-17-28(31)23-25(3)4)36-32-21-13-10-18-29(32)26-14-6-5-7-15-26/h5-21,24-25H,22-23H2,1-4H3. The molecule has 0 aromatic heterocycles. The van der Waals surface area contributed by atoms with E-state index in [4.69, 9.17) is 13.6 Å². The number of para-hydroxylation sites is 3. The first-order chi connectivity index (χ1) is 17.8. The van der Waals surface area contributed by atoms with Gasteiger partial charge in [-0.3, -0.25) is 0 Å². The quantitative estimate of drug-likeness (QED) is 0.187. The fourth-order valence-corrected chi connectivity index (χ4v) is 5.57. The monoisotopic (exact) mass is 514 g/mol. The van der Waals surface area contributed by atoms with Crippen LogP contribution in [-0.2, 0) is 17.4 Å². The molecule has 0 spiro atoms. The minimum Gasteiger partial charge on any atom is -0.386 e. The predicted octanol–water partition coefficient (Wildman–Crippen LogP) is 9.40. The van der Waals surface area contributed by atoms with Crippen molar-refractivity contribution in [3.8, 4) is 28.4 Å². The van der Waals surface area contributed by atoms with Crippen molar-refractivity contribution in [2.24, 2.45) is 11.8 Å². The smallest absolute Gasteiger partial charge is 0.386 e. The summed E-state index contributed by atoms with van der Waals surface area (Å²) >= 11 is 0. The molecule has 0 aliphatic heterocycles. The molecule has 4 rings (SSSR count). The largest absolute Gasteiger partial charge is 0.647 e. The molecule has 0 bridgehead atoms. The minimum atomic E-state index is -4.17. The van der Waals surface area contributed by atoms with Crippen LogP contribution in [0.15, 0.2) is 103 Å². The van der Waals surface area contributed by atoms with E-state index >= 15 is 0 Å². The molecule has 0 fully saturated rings. The topological polar surface area (TPSA) is 44.8 Å². The Balaban J connectivity index is 1.76. The fraction of sp³-hybridized carbons (Fsp3) is 0.250. The molecular weight excluding hydrogens is 479 g/mol. The molecule has 0 radical (unpaired) electrons. The SMILES string of the molecule is CC(C)Cc1ccccc1OP(=O)(Oc1ccccc1CC(C)C)Oc1ccccc1-c1ccccc1. The summed E-state index contributed by atoms with van der Waals surface area (Å²) in [6, 6.07) is 32.7. The minimum absolute atomic E-state index is 0.400. The maximum absolute atomic E-state index is 14.5. The number of phosphoric acid groups is 1. The molecule has 0 amide bonds. The van der Waals surface area contributed by atoms with Crippen LogP contribution < -0.4 is 13.6 Å². The Kier molecular flexibility index (Phi) is 8.74. The van der Waals surface area contributed by atoms with Crippen molar-refractivity contribution in [3.05, 3.63) is 114 Å². The Morgan fingerprint density at radius 1 is 0.541 bits per heavy atom. The van der Waals surface area contributed by atoms with Gasteiger partial charge < -0.3 is 13.6 Å². The summed E-state index contributed by atoms with van der Waals surface area (Å²) < 4.78 is 33.1. The van der Waals surface area contributed by atoms with E-state index in [0.717, 1.165) is 35.1 Å². The van der Waals surface area contributed by atoms with Gasteiger partial charge in [-0.25, -0.2) is 0 Å². The van der Waals surface area contributed by atoms with Gasteiger partial charge in [-0.15, -0.1) is 0 Å². The van der Waals surface area contributed by atoms with Gasteiger partial charge in [0.2, 0.25) is 0 Å². The third-order valence-electron chi connectivity index (χ3n) is 5.80. The molecule has 37 heavy (non-hydrogen) atoms. The molecule has 0 saturated carbocycles. The zero-order valence-electron chi connectivity index (χ0n) is 22.0. The lowest BCUT2D eigenvalue weighted by Crippen LogP contribution is -2.11. The van der Waals surface area contributed by atoms with Crippen molar-refractivity contribution in [1.29, 1.82) is 0 Å². The summed E-state index contributed by atoms with van der Waals surface area (Å²) in [5.74, 6) is 2.23. The molecule has 0 unspecified atom stereocenters. The third-order valence-corrected chi connectivity index (χ3v) is 7.06. The van der Waals surface area contributed by atoms with Crippen LogP contribution in [-0.4, -0.2) is 0 Å². The molecule has 0 heterocycles. The van der Waals surface area contributed by atoms with Gasteiger partial charge in [0.25, 0.3) is 0 Å². The highest BCUT2D eigenvalue weighted by Crippen LogP contribution is 2.52. The summed E-state index contributed by atoms with van der Waals surface area (Å²) in [6.07, 6.45) is 1.56. The number of hydrogen-bond acceptors (Lipinski definition) is 4. The summed E-state index contributed by atoms with van der Waals surface area (Å²) in [7, 11) is -4.17. The lowest BCUT2D eigenvalue weighted by Gasteiger charge is -2.23. The number of hydrogen-bond donors (Lipinski definition) is 0. The van der Waals surface area contributed by atoms with Crippen molar-refractivity contribution < 1.29 is 18.1 Å². The number of rotatable bonds is 11. The second kappa shape index (κ2) is 12.2. The van der Waals surface area contributed by atoms with Crippen LogP contribution in [0.3, 0.4) is 0 Å². The van der Waals surface area contributed by atoms with Gasteiger partial charge in [0.1, 0.15) is 17.2 Å².